The highest BCUT2D eigenvalue weighted by Gasteiger charge is 2.46. The van der Waals surface area contributed by atoms with Gasteiger partial charge >= 0.3 is 6.18 Å². The number of hydrogen-bond acceptors (Lipinski definition) is 3. The maximum atomic E-state index is 13.5. The maximum absolute atomic E-state index is 13.5. The largest absolute Gasteiger partial charge is 0.436 e. The molecule has 1 aromatic heterocycles. The molecular weight excluding hydrogens is 333 g/mol. The molecule has 0 fully saturated rings. The average molecular weight is 347 g/mol. The van der Waals surface area contributed by atoms with Crippen LogP contribution < -0.4 is 0 Å². The highest BCUT2D eigenvalue weighted by molar-refractivity contribution is 6.30. The fraction of sp³-hybridized carbons (Fsp3) is 0.333. The van der Waals surface area contributed by atoms with E-state index in [2.05, 4.69) is 4.98 Å². The van der Waals surface area contributed by atoms with Crippen LogP contribution in [0.4, 0.5) is 13.2 Å². The van der Waals surface area contributed by atoms with Gasteiger partial charge in [-0.15, -0.1) is 0 Å². The summed E-state index contributed by atoms with van der Waals surface area (Å²) in [7, 11) is 1.08. The predicted octanol–water partition coefficient (Wildman–Crippen LogP) is 4.32. The van der Waals surface area contributed by atoms with E-state index in [1.165, 1.54) is 38.1 Å². The van der Waals surface area contributed by atoms with Crippen LogP contribution in [0, 0.1) is 13.8 Å². The summed E-state index contributed by atoms with van der Waals surface area (Å²) in [6.07, 6.45) is -4.65. The van der Waals surface area contributed by atoms with E-state index in [0.717, 1.165) is 7.05 Å². The molecule has 0 bridgehead atoms. The van der Waals surface area contributed by atoms with Crippen LogP contribution in [0.2, 0.25) is 5.02 Å². The summed E-state index contributed by atoms with van der Waals surface area (Å²) < 4.78 is 45.5. The average Bonchev–Trinajstić information content (AvgIpc) is 2.77. The van der Waals surface area contributed by atoms with Gasteiger partial charge in [0.05, 0.1) is 5.69 Å². The Labute approximate surface area is 135 Å². The maximum Gasteiger partial charge on any atom is 0.413 e. The van der Waals surface area contributed by atoms with Crippen LogP contribution in [0.5, 0.6) is 0 Å². The Morgan fingerprint density at radius 2 is 1.83 bits per heavy atom. The molecule has 0 saturated heterocycles. The highest BCUT2D eigenvalue weighted by Crippen LogP contribution is 2.38. The summed E-state index contributed by atoms with van der Waals surface area (Å²) in [6.45, 7) is 3.02. The van der Waals surface area contributed by atoms with Crippen molar-refractivity contribution < 1.29 is 22.4 Å². The number of amides is 1. The normalized spacial score (nSPS) is 13.0. The van der Waals surface area contributed by atoms with Crippen molar-refractivity contribution in [3.05, 3.63) is 52.2 Å². The Morgan fingerprint density at radius 3 is 2.26 bits per heavy atom. The molecule has 0 aliphatic rings. The van der Waals surface area contributed by atoms with Gasteiger partial charge in [0, 0.05) is 19.0 Å². The van der Waals surface area contributed by atoms with Gasteiger partial charge in [-0.25, -0.2) is 4.98 Å². The smallest absolute Gasteiger partial charge is 0.413 e. The highest BCUT2D eigenvalue weighted by atomic mass is 35.5. The number of halogens is 4. The van der Waals surface area contributed by atoms with Crippen molar-refractivity contribution in [1.82, 2.24) is 9.88 Å². The number of carbonyl (C=O) groups is 1. The number of aromatic nitrogens is 1. The molecule has 0 unspecified atom stereocenters. The number of benzene rings is 1. The standard InChI is InChI=1S/C15H14ClF3N2O2/c1-8-12(23-9(2)20-8)14(22)21(3)13(15(17,18)19)10-4-6-11(16)7-5-10/h4-7,13H,1-3H3/t13-/m0/s1. The molecule has 0 spiro atoms. The van der Waals surface area contributed by atoms with Gasteiger partial charge in [0.15, 0.2) is 11.9 Å². The van der Waals surface area contributed by atoms with Crippen LogP contribution >= 0.6 is 11.6 Å². The third-order valence-corrected chi connectivity index (χ3v) is 3.55. The Hall–Kier alpha value is -2.02. The van der Waals surface area contributed by atoms with Crippen LogP contribution in [-0.4, -0.2) is 29.0 Å². The summed E-state index contributed by atoms with van der Waals surface area (Å²) in [4.78, 5) is 16.9. The van der Waals surface area contributed by atoms with E-state index < -0.39 is 18.1 Å². The van der Waals surface area contributed by atoms with Crippen LogP contribution in [0.1, 0.15) is 33.7 Å². The second-order valence-corrected chi connectivity index (χ2v) is 5.50. The zero-order chi connectivity index (χ0) is 17.4. The van der Waals surface area contributed by atoms with Crippen LogP contribution in [0.3, 0.4) is 0 Å². The zero-order valence-electron chi connectivity index (χ0n) is 12.6. The summed E-state index contributed by atoms with van der Waals surface area (Å²) in [5.74, 6) is -0.872. The molecule has 0 aliphatic carbocycles. The molecule has 1 aromatic carbocycles. The van der Waals surface area contributed by atoms with E-state index in [4.69, 9.17) is 16.0 Å². The first kappa shape index (κ1) is 17.3. The van der Waals surface area contributed by atoms with E-state index in [9.17, 15) is 18.0 Å². The fourth-order valence-corrected chi connectivity index (χ4v) is 2.41. The van der Waals surface area contributed by atoms with Gasteiger partial charge in [0.2, 0.25) is 5.76 Å². The van der Waals surface area contributed by atoms with Gasteiger partial charge in [-0.1, -0.05) is 23.7 Å². The second kappa shape index (κ2) is 6.23. The topological polar surface area (TPSA) is 46.3 Å². The molecule has 23 heavy (non-hydrogen) atoms. The van der Waals surface area contributed by atoms with Crippen molar-refractivity contribution in [3.8, 4) is 0 Å². The van der Waals surface area contributed by atoms with Crippen molar-refractivity contribution in [1.29, 1.82) is 0 Å². The van der Waals surface area contributed by atoms with Crippen molar-refractivity contribution in [2.75, 3.05) is 7.05 Å². The van der Waals surface area contributed by atoms with Crippen molar-refractivity contribution >= 4 is 17.5 Å². The van der Waals surface area contributed by atoms with Gasteiger partial charge in [-0.05, 0) is 24.6 Å². The van der Waals surface area contributed by atoms with E-state index in [-0.39, 0.29) is 22.9 Å². The van der Waals surface area contributed by atoms with E-state index in [0.29, 0.717) is 9.92 Å². The molecule has 4 nitrogen and oxygen atoms in total. The van der Waals surface area contributed by atoms with Crippen LogP contribution in [-0.2, 0) is 0 Å². The quantitative estimate of drug-likeness (QED) is 0.831. The lowest BCUT2D eigenvalue weighted by atomic mass is 10.0. The lowest BCUT2D eigenvalue weighted by Crippen LogP contribution is -2.39. The number of hydrogen-bond donors (Lipinski definition) is 0. The molecule has 0 aliphatic heterocycles. The first-order valence-corrected chi connectivity index (χ1v) is 7.02. The van der Waals surface area contributed by atoms with Crippen molar-refractivity contribution in [2.24, 2.45) is 0 Å². The van der Waals surface area contributed by atoms with Crippen LogP contribution in [0.25, 0.3) is 0 Å². The molecule has 8 heteroatoms. The summed E-state index contributed by atoms with van der Waals surface area (Å²) in [5.41, 5.74) is 0.156. The summed E-state index contributed by atoms with van der Waals surface area (Å²) in [5, 5.41) is 0.311. The minimum Gasteiger partial charge on any atom is -0.436 e. The molecule has 0 N–H and O–H groups in total. The first-order valence-electron chi connectivity index (χ1n) is 6.64. The van der Waals surface area contributed by atoms with Gasteiger partial charge in [-0.2, -0.15) is 13.2 Å². The van der Waals surface area contributed by atoms with Crippen molar-refractivity contribution in [3.63, 3.8) is 0 Å². The molecule has 0 saturated carbocycles. The number of alkyl halides is 3. The third-order valence-electron chi connectivity index (χ3n) is 3.30. The number of carbonyl (C=O) groups excluding carboxylic acids is 1. The molecular formula is C15H14ClF3N2O2. The number of oxazole rings is 1. The van der Waals surface area contributed by atoms with Crippen molar-refractivity contribution in [2.45, 2.75) is 26.1 Å². The minimum absolute atomic E-state index is 0.0911. The molecule has 124 valence electrons. The molecule has 2 rings (SSSR count). The lowest BCUT2D eigenvalue weighted by Gasteiger charge is -2.29. The number of nitrogens with zero attached hydrogens (tertiary/aromatic N) is 2. The third kappa shape index (κ3) is 3.67. The predicted molar refractivity (Wildman–Crippen MR) is 78.3 cm³/mol. The Kier molecular flexibility index (Phi) is 4.70. The van der Waals surface area contributed by atoms with E-state index in [1.54, 1.807) is 0 Å². The Morgan fingerprint density at radius 1 is 1.26 bits per heavy atom. The number of aryl methyl sites for hydroxylation is 2. The monoisotopic (exact) mass is 346 g/mol. The molecule has 0 radical (unpaired) electrons. The van der Waals surface area contributed by atoms with E-state index in [1.807, 2.05) is 0 Å². The molecule has 1 heterocycles. The Bertz CT molecular complexity index is 711. The number of rotatable bonds is 3. The minimum atomic E-state index is -4.65. The Balaban J connectivity index is 2.41. The van der Waals surface area contributed by atoms with Crippen LogP contribution in [0.15, 0.2) is 28.7 Å². The SMILES string of the molecule is Cc1nc(C)c(C(=O)N(C)[C@@H](c2ccc(Cl)cc2)C(F)(F)F)o1. The summed E-state index contributed by atoms with van der Waals surface area (Å²) >= 11 is 5.71. The first-order chi connectivity index (χ1) is 10.6. The van der Waals surface area contributed by atoms with Gasteiger partial charge in [-0.3, -0.25) is 4.79 Å². The zero-order valence-corrected chi connectivity index (χ0v) is 13.4. The van der Waals surface area contributed by atoms with Gasteiger partial charge < -0.3 is 9.32 Å². The molecule has 2 aromatic rings. The fourth-order valence-electron chi connectivity index (χ4n) is 2.28. The molecule has 1 atom stereocenters. The van der Waals surface area contributed by atoms with Gasteiger partial charge in [0.1, 0.15) is 0 Å². The van der Waals surface area contributed by atoms with E-state index >= 15 is 0 Å². The summed E-state index contributed by atoms with van der Waals surface area (Å²) in [6, 6.07) is 3.05. The second-order valence-electron chi connectivity index (χ2n) is 5.06. The van der Waals surface area contributed by atoms with Gasteiger partial charge in [0.25, 0.3) is 5.91 Å². The lowest BCUT2D eigenvalue weighted by molar-refractivity contribution is -0.176. The molecule has 1 amide bonds.